The van der Waals surface area contributed by atoms with Gasteiger partial charge in [0.2, 0.25) is 0 Å². The number of ketones is 1. The molecule has 6 heteroatoms. The lowest BCUT2D eigenvalue weighted by atomic mass is 10.0. The van der Waals surface area contributed by atoms with E-state index in [0.717, 1.165) is 34.8 Å². The number of benzene rings is 2. The molecule has 0 amide bonds. The standard InChI is InChI=1S/C18H13FN2O3/c1-11-2-3-12-8-13(4-7-17(12)20-11)18(22)10-14-9-15(21(23)24)5-6-16(14)19/h2-9H,10H2,1H3. The molecular formula is C18H13FN2O3. The SMILES string of the molecule is Cc1ccc2cc(C(=O)Cc3cc([N+](=O)[O-])ccc3F)ccc2n1. The highest BCUT2D eigenvalue weighted by molar-refractivity contribution is 6.00. The summed E-state index contributed by atoms with van der Waals surface area (Å²) in [5.41, 5.74) is 1.83. The van der Waals surface area contributed by atoms with E-state index in [-0.39, 0.29) is 23.5 Å². The summed E-state index contributed by atoms with van der Waals surface area (Å²) in [7, 11) is 0. The van der Waals surface area contributed by atoms with E-state index in [9.17, 15) is 19.3 Å². The van der Waals surface area contributed by atoms with Crippen molar-refractivity contribution >= 4 is 22.4 Å². The molecule has 120 valence electrons. The molecule has 0 N–H and O–H groups in total. The van der Waals surface area contributed by atoms with Crippen LogP contribution in [0.15, 0.2) is 48.5 Å². The Bertz CT molecular complexity index is 970. The summed E-state index contributed by atoms with van der Waals surface area (Å²) in [6.45, 7) is 1.88. The molecule has 0 aliphatic carbocycles. The molecule has 0 aliphatic rings. The van der Waals surface area contributed by atoms with E-state index < -0.39 is 10.7 Å². The van der Waals surface area contributed by atoms with E-state index in [0.29, 0.717) is 5.56 Å². The van der Waals surface area contributed by atoms with Gasteiger partial charge in [0.15, 0.2) is 5.78 Å². The van der Waals surface area contributed by atoms with Crippen LogP contribution in [0.25, 0.3) is 10.9 Å². The topological polar surface area (TPSA) is 73.1 Å². The van der Waals surface area contributed by atoms with E-state index in [4.69, 9.17) is 0 Å². The Morgan fingerprint density at radius 3 is 2.71 bits per heavy atom. The van der Waals surface area contributed by atoms with Gasteiger partial charge in [-0.25, -0.2) is 4.39 Å². The molecule has 2 aromatic carbocycles. The summed E-state index contributed by atoms with van der Waals surface area (Å²) < 4.78 is 13.8. The van der Waals surface area contributed by atoms with Gasteiger partial charge in [-0.15, -0.1) is 0 Å². The fraction of sp³-hybridized carbons (Fsp3) is 0.111. The molecule has 0 aliphatic heterocycles. The lowest BCUT2D eigenvalue weighted by Crippen LogP contribution is -2.06. The number of fused-ring (bicyclic) bond motifs is 1. The smallest absolute Gasteiger partial charge is 0.269 e. The first-order valence-electron chi connectivity index (χ1n) is 7.27. The Hall–Kier alpha value is -3.15. The summed E-state index contributed by atoms with van der Waals surface area (Å²) in [4.78, 5) is 26.9. The highest BCUT2D eigenvalue weighted by Crippen LogP contribution is 2.20. The molecule has 0 unspecified atom stereocenters. The maximum Gasteiger partial charge on any atom is 0.269 e. The Balaban J connectivity index is 1.91. The van der Waals surface area contributed by atoms with Crippen molar-refractivity contribution in [2.75, 3.05) is 0 Å². The van der Waals surface area contributed by atoms with Crippen molar-refractivity contribution in [1.29, 1.82) is 0 Å². The van der Waals surface area contributed by atoms with Gasteiger partial charge in [0, 0.05) is 40.8 Å². The molecule has 24 heavy (non-hydrogen) atoms. The number of nitro benzene ring substituents is 1. The van der Waals surface area contributed by atoms with Crippen LogP contribution in [0, 0.1) is 22.9 Å². The number of halogens is 1. The maximum absolute atomic E-state index is 13.8. The van der Waals surface area contributed by atoms with E-state index in [1.165, 1.54) is 0 Å². The van der Waals surface area contributed by atoms with Crippen LogP contribution in [-0.2, 0) is 6.42 Å². The van der Waals surface area contributed by atoms with Gasteiger partial charge in [-0.1, -0.05) is 6.07 Å². The quantitative estimate of drug-likeness (QED) is 0.413. The first kappa shape index (κ1) is 15.7. The third-order valence-corrected chi connectivity index (χ3v) is 3.74. The van der Waals surface area contributed by atoms with Crippen LogP contribution >= 0.6 is 0 Å². The number of nitro groups is 1. The lowest BCUT2D eigenvalue weighted by molar-refractivity contribution is -0.385. The summed E-state index contributed by atoms with van der Waals surface area (Å²) in [5, 5.41) is 11.6. The van der Waals surface area contributed by atoms with Gasteiger partial charge in [0.05, 0.1) is 10.4 Å². The number of hydrogen-bond donors (Lipinski definition) is 0. The van der Waals surface area contributed by atoms with Crippen LogP contribution in [0.2, 0.25) is 0 Å². The average molecular weight is 324 g/mol. The highest BCUT2D eigenvalue weighted by atomic mass is 19.1. The molecule has 5 nitrogen and oxygen atoms in total. The number of non-ortho nitro benzene ring substituents is 1. The zero-order valence-corrected chi connectivity index (χ0v) is 12.8. The molecule has 0 bridgehead atoms. The molecule has 3 aromatic rings. The van der Waals surface area contributed by atoms with Gasteiger partial charge in [0.25, 0.3) is 5.69 Å². The van der Waals surface area contributed by atoms with Gasteiger partial charge in [-0.3, -0.25) is 19.9 Å². The molecule has 0 fully saturated rings. The molecule has 0 atom stereocenters. The van der Waals surface area contributed by atoms with Gasteiger partial charge in [0.1, 0.15) is 5.82 Å². The Morgan fingerprint density at radius 1 is 1.17 bits per heavy atom. The monoisotopic (exact) mass is 324 g/mol. The van der Waals surface area contributed by atoms with E-state index in [1.807, 2.05) is 19.1 Å². The number of aryl methyl sites for hydroxylation is 1. The summed E-state index contributed by atoms with van der Waals surface area (Å²) in [6, 6.07) is 11.9. The predicted molar refractivity (Wildman–Crippen MR) is 87.6 cm³/mol. The zero-order chi connectivity index (χ0) is 17.3. The molecule has 1 heterocycles. The van der Waals surface area contributed by atoms with Crippen molar-refractivity contribution < 1.29 is 14.1 Å². The second kappa shape index (κ2) is 6.16. The number of nitrogens with zero attached hydrogens (tertiary/aromatic N) is 2. The van der Waals surface area contributed by atoms with Crippen molar-refractivity contribution in [3.8, 4) is 0 Å². The number of carbonyl (C=O) groups excluding carboxylic acids is 1. The van der Waals surface area contributed by atoms with Gasteiger partial charge >= 0.3 is 0 Å². The minimum atomic E-state index is -0.632. The third-order valence-electron chi connectivity index (χ3n) is 3.74. The number of aromatic nitrogens is 1. The molecule has 0 saturated heterocycles. The Kier molecular flexibility index (Phi) is 4.04. The predicted octanol–water partition coefficient (Wildman–Crippen LogP) is 4.02. The number of Topliss-reactive ketones (excluding diaryl/α,β-unsaturated/α-hetero) is 1. The minimum Gasteiger partial charge on any atom is -0.294 e. The van der Waals surface area contributed by atoms with Crippen molar-refractivity contribution in [2.24, 2.45) is 0 Å². The molecule has 1 aromatic heterocycles. The fourth-order valence-electron chi connectivity index (χ4n) is 2.49. The first-order chi connectivity index (χ1) is 11.4. The van der Waals surface area contributed by atoms with Crippen LogP contribution in [0.3, 0.4) is 0 Å². The van der Waals surface area contributed by atoms with Crippen molar-refractivity contribution in [3.05, 3.63) is 81.3 Å². The first-order valence-corrected chi connectivity index (χ1v) is 7.27. The van der Waals surface area contributed by atoms with Crippen LogP contribution in [-0.4, -0.2) is 15.7 Å². The minimum absolute atomic E-state index is 0.0105. The van der Waals surface area contributed by atoms with Gasteiger partial charge in [-0.2, -0.15) is 0 Å². The number of carbonyl (C=O) groups is 1. The van der Waals surface area contributed by atoms with Crippen LogP contribution in [0.1, 0.15) is 21.6 Å². The number of hydrogen-bond acceptors (Lipinski definition) is 4. The molecule has 0 saturated carbocycles. The highest BCUT2D eigenvalue weighted by Gasteiger charge is 2.15. The van der Waals surface area contributed by atoms with Crippen LogP contribution in [0.5, 0.6) is 0 Å². The summed E-state index contributed by atoms with van der Waals surface area (Å²) in [5.74, 6) is -0.941. The third kappa shape index (κ3) is 3.12. The van der Waals surface area contributed by atoms with E-state index in [2.05, 4.69) is 4.98 Å². The summed E-state index contributed by atoms with van der Waals surface area (Å²) in [6.07, 6.45) is -0.238. The maximum atomic E-state index is 13.8. The van der Waals surface area contributed by atoms with Gasteiger partial charge < -0.3 is 0 Å². The van der Waals surface area contributed by atoms with Crippen LogP contribution < -0.4 is 0 Å². The van der Waals surface area contributed by atoms with E-state index >= 15 is 0 Å². The second-order valence-corrected chi connectivity index (χ2v) is 5.49. The Morgan fingerprint density at radius 2 is 1.96 bits per heavy atom. The molecule has 0 spiro atoms. The van der Waals surface area contributed by atoms with Gasteiger partial charge in [-0.05, 0) is 37.3 Å². The fourth-order valence-corrected chi connectivity index (χ4v) is 2.49. The van der Waals surface area contributed by atoms with Crippen LogP contribution in [0.4, 0.5) is 10.1 Å². The lowest BCUT2D eigenvalue weighted by Gasteiger charge is -2.05. The molecule has 0 radical (unpaired) electrons. The Labute approximate surface area is 136 Å². The number of rotatable bonds is 4. The largest absolute Gasteiger partial charge is 0.294 e. The van der Waals surface area contributed by atoms with Crippen molar-refractivity contribution in [3.63, 3.8) is 0 Å². The molecular weight excluding hydrogens is 311 g/mol. The van der Waals surface area contributed by atoms with E-state index in [1.54, 1.807) is 18.2 Å². The normalized spacial score (nSPS) is 10.8. The van der Waals surface area contributed by atoms with Crippen molar-refractivity contribution in [2.45, 2.75) is 13.3 Å². The second-order valence-electron chi connectivity index (χ2n) is 5.49. The van der Waals surface area contributed by atoms with Crippen molar-refractivity contribution in [1.82, 2.24) is 4.98 Å². The molecule has 3 rings (SSSR count). The number of pyridine rings is 1. The average Bonchev–Trinajstić information content (AvgIpc) is 2.56. The summed E-state index contributed by atoms with van der Waals surface area (Å²) >= 11 is 0. The zero-order valence-electron chi connectivity index (χ0n) is 12.8.